The Morgan fingerprint density at radius 3 is 2.28 bits per heavy atom. The van der Waals surface area contributed by atoms with E-state index in [4.69, 9.17) is 11.5 Å². The molecule has 0 fully saturated rings. The monoisotopic (exact) mass is 352 g/mol. The van der Waals surface area contributed by atoms with Gasteiger partial charge in [0.2, 0.25) is 5.91 Å². The number of nitrogens with one attached hydrogen (secondary N) is 1. The molecule has 0 heterocycles. The Balaban J connectivity index is 2.82. The maximum atomic E-state index is 11.8. The van der Waals surface area contributed by atoms with Gasteiger partial charge in [-0.15, -0.1) is 0 Å². The molecule has 0 saturated carbocycles. The summed E-state index contributed by atoms with van der Waals surface area (Å²) in [5.74, 6) is -1.33. The first-order valence-corrected chi connectivity index (χ1v) is 7.61. The minimum Gasteiger partial charge on any atom is -0.468 e. The number of esters is 2. The Hall–Kier alpha value is -2.49. The molecule has 1 aromatic carbocycles. The maximum absolute atomic E-state index is 11.8. The van der Waals surface area contributed by atoms with Gasteiger partial charge < -0.3 is 26.3 Å². The third-order valence-electron chi connectivity index (χ3n) is 3.35. The van der Waals surface area contributed by atoms with Gasteiger partial charge in [-0.25, -0.2) is 0 Å². The zero-order chi connectivity index (χ0) is 18.8. The van der Waals surface area contributed by atoms with E-state index in [9.17, 15) is 14.4 Å². The van der Waals surface area contributed by atoms with Crippen molar-refractivity contribution in [2.75, 3.05) is 39.2 Å². The number of hydrogen-bond donors (Lipinski definition) is 3. The average molecular weight is 352 g/mol. The van der Waals surface area contributed by atoms with E-state index in [-0.39, 0.29) is 32.1 Å². The fourth-order valence-electron chi connectivity index (χ4n) is 2.01. The van der Waals surface area contributed by atoms with Gasteiger partial charge in [0.15, 0.2) is 0 Å². The summed E-state index contributed by atoms with van der Waals surface area (Å²) < 4.78 is 9.27. The second-order valence-corrected chi connectivity index (χ2v) is 5.33. The van der Waals surface area contributed by atoms with E-state index in [0.717, 1.165) is 5.56 Å². The number of hydrogen-bond acceptors (Lipinski definition) is 8. The molecule has 0 spiro atoms. The number of carbonyl (C=O) groups excluding carboxylic acids is 3. The Morgan fingerprint density at radius 1 is 1.16 bits per heavy atom. The van der Waals surface area contributed by atoms with E-state index in [1.807, 2.05) is 0 Å². The van der Waals surface area contributed by atoms with Gasteiger partial charge in [-0.3, -0.25) is 19.3 Å². The van der Waals surface area contributed by atoms with Crippen molar-refractivity contribution in [2.45, 2.75) is 12.6 Å². The third-order valence-corrected chi connectivity index (χ3v) is 3.35. The highest BCUT2D eigenvalue weighted by molar-refractivity contribution is 5.94. The first-order valence-electron chi connectivity index (χ1n) is 7.61. The number of anilines is 1. The number of rotatable bonds is 9. The lowest BCUT2D eigenvalue weighted by molar-refractivity contribution is -0.145. The summed E-state index contributed by atoms with van der Waals surface area (Å²) in [6, 6.07) is 6.19. The SMILES string of the molecule is COC(=O)CN(CC(=O)OC)Cc1cccc(NC(=O)C(N)CN)c1. The Morgan fingerprint density at radius 2 is 1.76 bits per heavy atom. The normalized spacial score (nSPS) is 11.7. The molecule has 0 radical (unpaired) electrons. The van der Waals surface area contributed by atoms with Crippen LogP contribution < -0.4 is 16.8 Å². The highest BCUT2D eigenvalue weighted by Crippen LogP contribution is 2.13. The largest absolute Gasteiger partial charge is 0.468 e. The minimum absolute atomic E-state index is 0.0392. The number of ether oxygens (including phenoxy) is 2. The quantitative estimate of drug-likeness (QED) is 0.484. The van der Waals surface area contributed by atoms with Crippen LogP contribution in [-0.4, -0.2) is 62.6 Å². The number of nitrogens with two attached hydrogens (primary N) is 2. The molecule has 0 saturated heterocycles. The van der Waals surface area contributed by atoms with Crippen molar-refractivity contribution in [3.63, 3.8) is 0 Å². The number of methoxy groups -OCH3 is 2. The third kappa shape index (κ3) is 7.29. The predicted octanol–water partition coefficient (Wildman–Crippen LogP) is -0.941. The predicted molar refractivity (Wildman–Crippen MR) is 91.4 cm³/mol. The summed E-state index contributed by atoms with van der Waals surface area (Å²) in [5.41, 5.74) is 12.3. The molecule has 0 aliphatic carbocycles. The summed E-state index contributed by atoms with van der Waals surface area (Å²) in [6.07, 6.45) is 0. The van der Waals surface area contributed by atoms with Gasteiger partial charge in [0.1, 0.15) is 0 Å². The van der Waals surface area contributed by atoms with E-state index in [1.165, 1.54) is 14.2 Å². The molecule has 9 nitrogen and oxygen atoms in total. The second kappa shape index (κ2) is 10.4. The lowest BCUT2D eigenvalue weighted by atomic mass is 10.1. The van der Waals surface area contributed by atoms with Crippen molar-refractivity contribution in [3.05, 3.63) is 29.8 Å². The summed E-state index contributed by atoms with van der Waals surface area (Å²) in [7, 11) is 2.55. The fourth-order valence-corrected chi connectivity index (χ4v) is 2.01. The first kappa shape index (κ1) is 20.6. The molecule has 1 unspecified atom stereocenters. The van der Waals surface area contributed by atoms with E-state index < -0.39 is 18.0 Å². The zero-order valence-electron chi connectivity index (χ0n) is 14.4. The van der Waals surface area contributed by atoms with Gasteiger partial charge in [-0.1, -0.05) is 12.1 Å². The van der Waals surface area contributed by atoms with Crippen molar-refractivity contribution < 1.29 is 23.9 Å². The van der Waals surface area contributed by atoms with E-state index >= 15 is 0 Å². The molecule has 138 valence electrons. The molecule has 0 aliphatic rings. The van der Waals surface area contributed by atoms with E-state index in [1.54, 1.807) is 29.2 Å². The van der Waals surface area contributed by atoms with Crippen LogP contribution in [0.25, 0.3) is 0 Å². The van der Waals surface area contributed by atoms with Crippen molar-refractivity contribution in [1.29, 1.82) is 0 Å². The highest BCUT2D eigenvalue weighted by Gasteiger charge is 2.16. The Kier molecular flexibility index (Phi) is 8.54. The number of benzene rings is 1. The zero-order valence-corrected chi connectivity index (χ0v) is 14.4. The van der Waals surface area contributed by atoms with Gasteiger partial charge in [0.05, 0.1) is 33.4 Å². The number of carbonyl (C=O) groups is 3. The van der Waals surface area contributed by atoms with Crippen LogP contribution in [0.5, 0.6) is 0 Å². The first-order chi connectivity index (χ1) is 11.9. The molecule has 0 aromatic heterocycles. The average Bonchev–Trinajstić information content (AvgIpc) is 2.60. The van der Waals surface area contributed by atoms with Gasteiger partial charge in [0, 0.05) is 18.8 Å². The molecule has 25 heavy (non-hydrogen) atoms. The van der Waals surface area contributed by atoms with Crippen molar-refractivity contribution in [2.24, 2.45) is 11.5 Å². The van der Waals surface area contributed by atoms with Gasteiger partial charge >= 0.3 is 11.9 Å². The molecule has 0 bridgehead atoms. The van der Waals surface area contributed by atoms with Crippen LogP contribution in [0.2, 0.25) is 0 Å². The number of nitrogens with zero attached hydrogens (tertiary/aromatic N) is 1. The van der Waals surface area contributed by atoms with Crippen molar-refractivity contribution in [3.8, 4) is 0 Å². The van der Waals surface area contributed by atoms with Crippen LogP contribution in [0.3, 0.4) is 0 Å². The van der Waals surface area contributed by atoms with Crippen molar-refractivity contribution in [1.82, 2.24) is 4.90 Å². The molecular weight excluding hydrogens is 328 g/mol. The lowest BCUT2D eigenvalue weighted by Gasteiger charge is -2.20. The molecule has 1 aromatic rings. The maximum Gasteiger partial charge on any atom is 0.319 e. The topological polar surface area (TPSA) is 137 Å². The molecule has 0 aliphatic heterocycles. The van der Waals surface area contributed by atoms with E-state index in [2.05, 4.69) is 14.8 Å². The Labute approximate surface area is 146 Å². The Bertz CT molecular complexity index is 590. The molecule has 9 heteroatoms. The molecular formula is C16H24N4O5. The summed E-state index contributed by atoms with van der Waals surface area (Å²) in [5, 5.41) is 2.66. The van der Waals surface area contributed by atoms with Crippen LogP contribution in [0.1, 0.15) is 5.56 Å². The van der Waals surface area contributed by atoms with Crippen LogP contribution >= 0.6 is 0 Å². The van der Waals surface area contributed by atoms with Gasteiger partial charge in [-0.05, 0) is 17.7 Å². The summed E-state index contributed by atoms with van der Waals surface area (Å²) in [4.78, 5) is 36.4. The summed E-state index contributed by atoms with van der Waals surface area (Å²) in [6.45, 7) is 0.189. The highest BCUT2D eigenvalue weighted by atomic mass is 16.5. The van der Waals surface area contributed by atoms with Crippen LogP contribution in [0.4, 0.5) is 5.69 Å². The van der Waals surface area contributed by atoms with Crippen LogP contribution in [-0.2, 0) is 30.4 Å². The van der Waals surface area contributed by atoms with Crippen LogP contribution in [0.15, 0.2) is 24.3 Å². The number of amides is 1. The van der Waals surface area contributed by atoms with E-state index in [0.29, 0.717) is 5.69 Å². The molecule has 1 rings (SSSR count). The molecule has 1 amide bonds. The van der Waals surface area contributed by atoms with Gasteiger partial charge in [-0.2, -0.15) is 0 Å². The lowest BCUT2D eigenvalue weighted by Crippen LogP contribution is -2.41. The fraction of sp³-hybridized carbons (Fsp3) is 0.438. The smallest absolute Gasteiger partial charge is 0.319 e. The van der Waals surface area contributed by atoms with Crippen molar-refractivity contribution >= 4 is 23.5 Å². The standard InChI is InChI=1S/C16H24N4O5/c1-24-14(21)9-20(10-15(22)25-2)8-11-4-3-5-12(6-11)19-16(23)13(18)7-17/h3-6,13H,7-10,17-18H2,1-2H3,(H,19,23). The molecule has 5 N–H and O–H groups in total. The second-order valence-electron chi connectivity index (χ2n) is 5.33. The minimum atomic E-state index is -0.793. The van der Waals surface area contributed by atoms with Crippen LogP contribution in [0, 0.1) is 0 Å². The summed E-state index contributed by atoms with van der Waals surface area (Å²) >= 11 is 0. The molecule has 1 atom stereocenters. The van der Waals surface area contributed by atoms with Gasteiger partial charge in [0.25, 0.3) is 0 Å².